The minimum atomic E-state index is 0.732. The van der Waals surface area contributed by atoms with Crippen LogP contribution < -0.4 is 5.32 Å². The molecule has 0 aliphatic rings. The van der Waals surface area contributed by atoms with Gasteiger partial charge in [0.05, 0.1) is 5.39 Å². The van der Waals surface area contributed by atoms with Crippen molar-refractivity contribution in [3.05, 3.63) is 82.5 Å². The normalized spacial score (nSPS) is 11.0. The lowest BCUT2D eigenvalue weighted by molar-refractivity contribution is 1.000. The maximum absolute atomic E-state index is 4.81. The van der Waals surface area contributed by atoms with Crippen LogP contribution in [0, 0.1) is 13.8 Å². The molecule has 4 rings (SSSR count). The summed E-state index contributed by atoms with van der Waals surface area (Å²) in [5, 5.41) is 4.55. The van der Waals surface area contributed by atoms with Crippen LogP contribution in [0.4, 0.5) is 11.5 Å². The molecule has 2 aromatic heterocycles. The SMILES string of the molecule is Cc1ccc(Nc2nc(Cc3ccccc3)nc3sc(C)cc23)cc1. The van der Waals surface area contributed by atoms with Gasteiger partial charge in [-0.2, -0.15) is 0 Å². The lowest BCUT2D eigenvalue weighted by Gasteiger charge is -2.09. The van der Waals surface area contributed by atoms with Gasteiger partial charge in [0.1, 0.15) is 16.5 Å². The molecule has 0 radical (unpaired) electrons. The molecule has 3 nitrogen and oxygen atoms in total. The Morgan fingerprint density at radius 2 is 1.68 bits per heavy atom. The number of nitrogens with zero attached hydrogens (tertiary/aromatic N) is 2. The van der Waals surface area contributed by atoms with Gasteiger partial charge in [-0.1, -0.05) is 48.0 Å². The molecule has 0 atom stereocenters. The molecule has 0 saturated heterocycles. The molecule has 0 fully saturated rings. The van der Waals surface area contributed by atoms with E-state index in [0.29, 0.717) is 0 Å². The first-order valence-corrected chi connectivity index (χ1v) is 9.14. The van der Waals surface area contributed by atoms with Crippen molar-refractivity contribution in [3.63, 3.8) is 0 Å². The molecule has 1 N–H and O–H groups in total. The summed E-state index contributed by atoms with van der Waals surface area (Å²) in [6, 6.07) is 20.9. The van der Waals surface area contributed by atoms with E-state index in [2.05, 4.69) is 73.8 Å². The van der Waals surface area contributed by atoms with Gasteiger partial charge in [-0.25, -0.2) is 9.97 Å². The van der Waals surface area contributed by atoms with Gasteiger partial charge >= 0.3 is 0 Å². The summed E-state index contributed by atoms with van der Waals surface area (Å²) in [4.78, 5) is 11.9. The number of hydrogen-bond donors (Lipinski definition) is 1. The second-order valence-electron chi connectivity index (χ2n) is 6.22. The zero-order valence-electron chi connectivity index (χ0n) is 14.3. The lowest BCUT2D eigenvalue weighted by Crippen LogP contribution is -2.01. The standard InChI is InChI=1S/C21H19N3S/c1-14-8-10-17(11-9-14)22-20-18-12-15(2)25-21(18)24-19(23-20)13-16-6-4-3-5-7-16/h3-12H,13H2,1-2H3,(H,22,23,24). The molecule has 0 spiro atoms. The van der Waals surface area contributed by atoms with Crippen molar-refractivity contribution in [2.75, 3.05) is 5.32 Å². The summed E-state index contributed by atoms with van der Waals surface area (Å²) in [5.41, 5.74) is 3.51. The zero-order valence-corrected chi connectivity index (χ0v) is 15.1. The fourth-order valence-electron chi connectivity index (χ4n) is 2.81. The molecule has 0 saturated carbocycles. The summed E-state index contributed by atoms with van der Waals surface area (Å²) >= 11 is 1.71. The fourth-order valence-corrected chi connectivity index (χ4v) is 3.71. The number of aryl methyl sites for hydroxylation is 2. The highest BCUT2D eigenvalue weighted by Crippen LogP contribution is 2.30. The van der Waals surface area contributed by atoms with E-state index in [0.717, 1.165) is 34.0 Å². The Balaban J connectivity index is 1.74. The number of hydrogen-bond acceptors (Lipinski definition) is 4. The molecule has 124 valence electrons. The van der Waals surface area contributed by atoms with Gasteiger partial charge in [-0.15, -0.1) is 11.3 Å². The lowest BCUT2D eigenvalue weighted by atomic mass is 10.1. The monoisotopic (exact) mass is 345 g/mol. The summed E-state index contributed by atoms with van der Waals surface area (Å²) in [6.07, 6.45) is 0.732. The first-order valence-electron chi connectivity index (χ1n) is 8.32. The third kappa shape index (κ3) is 3.54. The number of nitrogens with one attached hydrogen (secondary N) is 1. The smallest absolute Gasteiger partial charge is 0.142 e. The fraction of sp³-hybridized carbons (Fsp3) is 0.143. The van der Waals surface area contributed by atoms with Crippen LogP contribution in [0.2, 0.25) is 0 Å². The maximum atomic E-state index is 4.81. The van der Waals surface area contributed by atoms with Gasteiger partial charge < -0.3 is 5.32 Å². The highest BCUT2D eigenvalue weighted by Gasteiger charge is 2.11. The first kappa shape index (κ1) is 15.8. The van der Waals surface area contributed by atoms with Crippen LogP contribution in [-0.4, -0.2) is 9.97 Å². The number of anilines is 2. The molecule has 4 heteroatoms. The largest absolute Gasteiger partial charge is 0.340 e. The van der Waals surface area contributed by atoms with Gasteiger partial charge in [-0.05, 0) is 37.6 Å². The van der Waals surface area contributed by atoms with Crippen molar-refractivity contribution in [2.24, 2.45) is 0 Å². The second-order valence-corrected chi connectivity index (χ2v) is 7.45. The van der Waals surface area contributed by atoms with E-state index >= 15 is 0 Å². The van der Waals surface area contributed by atoms with Crippen molar-refractivity contribution >= 4 is 33.1 Å². The van der Waals surface area contributed by atoms with E-state index in [-0.39, 0.29) is 0 Å². The molecule has 0 aliphatic carbocycles. The maximum Gasteiger partial charge on any atom is 0.142 e. The van der Waals surface area contributed by atoms with Crippen LogP contribution in [-0.2, 0) is 6.42 Å². The van der Waals surface area contributed by atoms with Gasteiger partial charge in [0.15, 0.2) is 0 Å². The third-order valence-corrected chi connectivity index (χ3v) is 5.03. The Bertz CT molecular complexity index is 1000. The average molecular weight is 345 g/mol. The molecular formula is C21H19N3S. The minimum Gasteiger partial charge on any atom is -0.340 e. The second kappa shape index (κ2) is 6.65. The molecule has 0 unspecified atom stereocenters. The number of thiophene rings is 1. The molecular weight excluding hydrogens is 326 g/mol. The highest BCUT2D eigenvalue weighted by atomic mass is 32.1. The summed E-state index contributed by atoms with van der Waals surface area (Å²) in [7, 11) is 0. The van der Waals surface area contributed by atoms with Gasteiger partial charge in [0.2, 0.25) is 0 Å². The van der Waals surface area contributed by atoms with Gasteiger partial charge in [0.25, 0.3) is 0 Å². The molecule has 0 amide bonds. The zero-order chi connectivity index (χ0) is 17.2. The predicted octanol–water partition coefficient (Wildman–Crippen LogP) is 5.64. The molecule has 2 aromatic carbocycles. The van der Waals surface area contributed by atoms with Gasteiger partial charge in [-0.3, -0.25) is 0 Å². The predicted molar refractivity (Wildman–Crippen MR) is 106 cm³/mol. The van der Waals surface area contributed by atoms with E-state index in [9.17, 15) is 0 Å². The van der Waals surface area contributed by atoms with Crippen molar-refractivity contribution in [3.8, 4) is 0 Å². The summed E-state index contributed by atoms with van der Waals surface area (Å²) in [6.45, 7) is 4.20. The molecule has 4 aromatic rings. The Morgan fingerprint density at radius 1 is 0.920 bits per heavy atom. The summed E-state index contributed by atoms with van der Waals surface area (Å²) in [5.74, 6) is 1.72. The molecule has 0 bridgehead atoms. The van der Waals surface area contributed by atoms with Crippen LogP contribution in [0.1, 0.15) is 21.8 Å². The van der Waals surface area contributed by atoms with E-state index < -0.39 is 0 Å². The molecule has 25 heavy (non-hydrogen) atoms. The van der Waals surface area contributed by atoms with Gasteiger partial charge in [0, 0.05) is 17.0 Å². The third-order valence-electron chi connectivity index (χ3n) is 4.08. The van der Waals surface area contributed by atoms with Crippen molar-refractivity contribution in [1.82, 2.24) is 9.97 Å². The van der Waals surface area contributed by atoms with E-state index in [1.54, 1.807) is 11.3 Å². The van der Waals surface area contributed by atoms with E-state index in [1.165, 1.54) is 16.0 Å². The van der Waals surface area contributed by atoms with E-state index in [1.807, 2.05) is 6.07 Å². The number of benzene rings is 2. The number of rotatable bonds is 4. The number of aromatic nitrogens is 2. The van der Waals surface area contributed by atoms with Crippen molar-refractivity contribution < 1.29 is 0 Å². The topological polar surface area (TPSA) is 37.8 Å². The quantitative estimate of drug-likeness (QED) is 0.520. The van der Waals surface area contributed by atoms with Crippen LogP contribution in [0.15, 0.2) is 60.7 Å². The first-order chi connectivity index (χ1) is 12.2. The number of fused-ring (bicyclic) bond motifs is 1. The van der Waals surface area contributed by atoms with Crippen LogP contribution in [0.5, 0.6) is 0 Å². The average Bonchev–Trinajstić information content (AvgIpc) is 2.98. The Morgan fingerprint density at radius 3 is 2.44 bits per heavy atom. The van der Waals surface area contributed by atoms with Crippen molar-refractivity contribution in [1.29, 1.82) is 0 Å². The summed E-state index contributed by atoms with van der Waals surface area (Å²) < 4.78 is 0. The Labute approximate surface area is 151 Å². The Kier molecular flexibility index (Phi) is 4.20. The Hall–Kier alpha value is -2.72. The molecule has 2 heterocycles. The van der Waals surface area contributed by atoms with Crippen LogP contribution >= 0.6 is 11.3 Å². The van der Waals surface area contributed by atoms with Crippen LogP contribution in [0.25, 0.3) is 10.2 Å². The van der Waals surface area contributed by atoms with Crippen molar-refractivity contribution in [2.45, 2.75) is 20.3 Å². The highest BCUT2D eigenvalue weighted by molar-refractivity contribution is 7.18. The molecule has 0 aliphatic heterocycles. The minimum absolute atomic E-state index is 0.732. The van der Waals surface area contributed by atoms with E-state index in [4.69, 9.17) is 9.97 Å². The van der Waals surface area contributed by atoms with Crippen LogP contribution in [0.3, 0.4) is 0 Å².